The van der Waals surface area contributed by atoms with E-state index in [9.17, 15) is 9.59 Å². The normalized spacial score (nSPS) is 14.7. The Bertz CT molecular complexity index is 798. The molecule has 1 aliphatic heterocycles. The number of ether oxygens (including phenoxy) is 1. The summed E-state index contributed by atoms with van der Waals surface area (Å²) >= 11 is 1.65. The van der Waals surface area contributed by atoms with Crippen LogP contribution in [0, 0.1) is 0 Å². The molecule has 1 aromatic carbocycles. The van der Waals surface area contributed by atoms with E-state index in [1.807, 2.05) is 37.3 Å². The number of carbonyl (C=O) groups is 2. The third kappa shape index (κ3) is 5.11. The predicted molar refractivity (Wildman–Crippen MR) is 111 cm³/mol. The molecule has 1 saturated heterocycles. The number of piperazine rings is 1. The minimum Gasteiger partial charge on any atom is -0.450 e. The molecular formula is C21H28N3O3S+. The van der Waals surface area contributed by atoms with Gasteiger partial charge in [0, 0.05) is 16.0 Å². The van der Waals surface area contributed by atoms with Gasteiger partial charge >= 0.3 is 6.09 Å². The molecule has 0 saturated carbocycles. The number of carbonyl (C=O) groups excluding carboxylic acids is 2. The highest BCUT2D eigenvalue weighted by Crippen LogP contribution is 2.28. The summed E-state index contributed by atoms with van der Waals surface area (Å²) < 4.78 is 5.09. The monoisotopic (exact) mass is 402 g/mol. The van der Waals surface area contributed by atoms with Crippen LogP contribution in [-0.2, 0) is 17.7 Å². The first kappa shape index (κ1) is 20.4. The summed E-state index contributed by atoms with van der Waals surface area (Å²) in [6.45, 7) is 8.36. The van der Waals surface area contributed by atoms with Crippen LogP contribution in [0.2, 0.25) is 0 Å². The van der Waals surface area contributed by atoms with Gasteiger partial charge in [-0.15, -0.1) is 11.3 Å². The number of quaternary nitrogens is 1. The Labute approximate surface area is 170 Å². The summed E-state index contributed by atoms with van der Waals surface area (Å²) in [7, 11) is 0. The topological polar surface area (TPSA) is 63.1 Å². The van der Waals surface area contributed by atoms with Gasteiger partial charge in [0.05, 0.1) is 32.8 Å². The van der Waals surface area contributed by atoms with Crippen LogP contribution < -0.4 is 10.2 Å². The SMILES string of the molecule is CCOC(=O)N1CC[NH+](Cc2cc(CC)sc2NC(=O)c2ccccc2)CC1. The molecule has 2 aromatic rings. The third-order valence-electron chi connectivity index (χ3n) is 4.91. The molecule has 150 valence electrons. The first-order chi connectivity index (χ1) is 13.6. The maximum Gasteiger partial charge on any atom is 0.410 e. The molecule has 2 heterocycles. The Morgan fingerprint density at radius 2 is 1.89 bits per heavy atom. The average Bonchev–Trinajstić information content (AvgIpc) is 3.10. The minimum atomic E-state index is -0.221. The van der Waals surface area contributed by atoms with E-state index < -0.39 is 0 Å². The maximum absolute atomic E-state index is 12.6. The molecule has 1 fully saturated rings. The van der Waals surface area contributed by atoms with E-state index in [2.05, 4.69) is 18.3 Å². The molecule has 2 amide bonds. The molecule has 2 N–H and O–H groups in total. The molecule has 3 rings (SSSR count). The summed E-state index contributed by atoms with van der Waals surface area (Å²) in [6.07, 6.45) is 0.728. The van der Waals surface area contributed by atoms with Gasteiger partial charge in [-0.25, -0.2) is 4.79 Å². The quantitative estimate of drug-likeness (QED) is 0.780. The zero-order valence-electron chi connectivity index (χ0n) is 16.5. The highest BCUT2D eigenvalue weighted by atomic mass is 32.1. The van der Waals surface area contributed by atoms with Crippen LogP contribution in [0.4, 0.5) is 9.80 Å². The molecule has 1 aliphatic rings. The molecule has 28 heavy (non-hydrogen) atoms. The Hall–Kier alpha value is -2.38. The van der Waals surface area contributed by atoms with Crippen molar-refractivity contribution in [3.05, 3.63) is 52.4 Å². The number of nitrogens with zero attached hydrogens (tertiary/aromatic N) is 1. The first-order valence-corrected chi connectivity index (χ1v) is 10.7. The van der Waals surface area contributed by atoms with Crippen molar-refractivity contribution >= 4 is 28.3 Å². The van der Waals surface area contributed by atoms with E-state index in [1.165, 1.54) is 15.3 Å². The van der Waals surface area contributed by atoms with Crippen LogP contribution >= 0.6 is 11.3 Å². The molecule has 7 heteroatoms. The van der Waals surface area contributed by atoms with Gasteiger partial charge in [-0.3, -0.25) is 9.69 Å². The van der Waals surface area contributed by atoms with Crippen molar-refractivity contribution < 1.29 is 19.2 Å². The van der Waals surface area contributed by atoms with Gasteiger partial charge in [0.1, 0.15) is 11.5 Å². The van der Waals surface area contributed by atoms with Crippen molar-refractivity contribution in [2.24, 2.45) is 0 Å². The molecule has 0 unspecified atom stereocenters. The fraction of sp³-hybridized carbons (Fsp3) is 0.429. The lowest BCUT2D eigenvalue weighted by Gasteiger charge is -2.31. The summed E-state index contributed by atoms with van der Waals surface area (Å²) in [5.41, 5.74) is 1.83. The van der Waals surface area contributed by atoms with Crippen molar-refractivity contribution in [1.29, 1.82) is 0 Å². The first-order valence-electron chi connectivity index (χ1n) is 9.84. The molecule has 0 spiro atoms. The molecule has 6 nitrogen and oxygen atoms in total. The molecule has 1 aromatic heterocycles. The number of hydrogen-bond acceptors (Lipinski definition) is 4. The smallest absolute Gasteiger partial charge is 0.410 e. The second-order valence-electron chi connectivity index (χ2n) is 6.85. The number of aryl methyl sites for hydroxylation is 1. The number of nitrogens with one attached hydrogen (secondary N) is 2. The highest BCUT2D eigenvalue weighted by molar-refractivity contribution is 7.16. The van der Waals surface area contributed by atoms with Crippen LogP contribution in [0.5, 0.6) is 0 Å². The lowest BCUT2D eigenvalue weighted by molar-refractivity contribution is -0.917. The zero-order valence-corrected chi connectivity index (χ0v) is 17.3. The fourth-order valence-electron chi connectivity index (χ4n) is 3.33. The predicted octanol–water partition coefficient (Wildman–Crippen LogP) is 2.42. The number of hydrogen-bond donors (Lipinski definition) is 2. The average molecular weight is 403 g/mol. The van der Waals surface area contributed by atoms with Gasteiger partial charge in [0.2, 0.25) is 0 Å². The largest absolute Gasteiger partial charge is 0.450 e. The summed E-state index contributed by atoms with van der Waals surface area (Å²) in [5, 5.41) is 4.03. The van der Waals surface area contributed by atoms with Crippen LogP contribution in [0.3, 0.4) is 0 Å². The standard InChI is InChI=1S/C21H27N3O3S/c1-3-18-14-17(15-23-10-12-24(13-11-23)21(26)27-4-2)20(28-18)22-19(25)16-8-6-5-7-9-16/h5-9,14H,3-4,10-13,15H2,1-2H3,(H,22,25)/p+1. The Morgan fingerprint density at radius 3 is 2.54 bits per heavy atom. The van der Waals surface area contributed by atoms with Crippen LogP contribution in [0.25, 0.3) is 0 Å². The van der Waals surface area contributed by atoms with E-state index >= 15 is 0 Å². The second kappa shape index (κ2) is 9.71. The number of anilines is 1. The third-order valence-corrected chi connectivity index (χ3v) is 6.15. The molecule has 0 atom stereocenters. The highest BCUT2D eigenvalue weighted by Gasteiger charge is 2.26. The molecule has 0 radical (unpaired) electrons. The maximum atomic E-state index is 12.6. The van der Waals surface area contributed by atoms with Gasteiger partial charge in [-0.2, -0.15) is 0 Å². The van der Waals surface area contributed by atoms with E-state index in [0.717, 1.165) is 31.1 Å². The van der Waals surface area contributed by atoms with Crippen molar-refractivity contribution in [3.63, 3.8) is 0 Å². The zero-order chi connectivity index (χ0) is 19.9. The van der Waals surface area contributed by atoms with E-state index in [1.54, 1.807) is 16.2 Å². The van der Waals surface area contributed by atoms with E-state index in [-0.39, 0.29) is 12.0 Å². The Balaban J connectivity index is 1.63. The van der Waals surface area contributed by atoms with Gasteiger partial charge in [0.25, 0.3) is 5.91 Å². The summed E-state index contributed by atoms with van der Waals surface area (Å²) in [6, 6.07) is 11.5. The van der Waals surface area contributed by atoms with E-state index in [0.29, 0.717) is 25.3 Å². The van der Waals surface area contributed by atoms with E-state index in [4.69, 9.17) is 4.74 Å². The van der Waals surface area contributed by atoms with Crippen LogP contribution in [0.15, 0.2) is 36.4 Å². The minimum absolute atomic E-state index is 0.0755. The van der Waals surface area contributed by atoms with Crippen LogP contribution in [-0.4, -0.2) is 49.7 Å². The van der Waals surface area contributed by atoms with Gasteiger partial charge in [0.15, 0.2) is 0 Å². The Morgan fingerprint density at radius 1 is 1.18 bits per heavy atom. The summed E-state index contributed by atoms with van der Waals surface area (Å²) in [5.74, 6) is -0.0755. The lowest BCUT2D eigenvalue weighted by atomic mass is 10.2. The number of rotatable bonds is 6. The van der Waals surface area contributed by atoms with Gasteiger partial charge in [-0.05, 0) is 31.5 Å². The fourth-order valence-corrected chi connectivity index (χ4v) is 4.34. The summed E-state index contributed by atoms with van der Waals surface area (Å²) in [4.78, 5) is 28.9. The van der Waals surface area contributed by atoms with Gasteiger partial charge < -0.3 is 15.0 Å². The van der Waals surface area contributed by atoms with Crippen molar-refractivity contribution in [1.82, 2.24) is 4.90 Å². The van der Waals surface area contributed by atoms with Crippen molar-refractivity contribution in [2.75, 3.05) is 38.1 Å². The Kier molecular flexibility index (Phi) is 7.06. The number of amides is 2. The van der Waals surface area contributed by atoms with Crippen LogP contribution in [0.1, 0.15) is 34.6 Å². The number of benzene rings is 1. The molecular weight excluding hydrogens is 374 g/mol. The van der Waals surface area contributed by atoms with Crippen molar-refractivity contribution in [2.45, 2.75) is 26.8 Å². The van der Waals surface area contributed by atoms with Crippen molar-refractivity contribution in [3.8, 4) is 0 Å². The molecule has 0 aliphatic carbocycles. The number of thiophene rings is 1. The molecule has 0 bridgehead atoms. The second-order valence-corrected chi connectivity index (χ2v) is 7.99. The lowest BCUT2D eigenvalue weighted by Crippen LogP contribution is -3.13. The van der Waals surface area contributed by atoms with Gasteiger partial charge in [-0.1, -0.05) is 25.1 Å².